The molecule has 0 spiro atoms. The molecular formula is C27H31N7O4S. The SMILES string of the molecule is CN1CCCC1CCNC(=O)c1ccc(-c2[nH]nc3c2C(=O)c2c(NC(=O)NN4CCOCC4)cccc2-3)s1. The zero-order chi connectivity index (χ0) is 26.9. The fraction of sp³-hybridized carbons (Fsp3) is 0.407. The van der Waals surface area contributed by atoms with Crippen molar-refractivity contribution in [3.8, 4) is 21.8 Å². The number of ether oxygens (including phenoxy) is 1. The number of anilines is 1. The Morgan fingerprint density at radius 2 is 2.00 bits per heavy atom. The molecule has 204 valence electrons. The lowest BCUT2D eigenvalue weighted by molar-refractivity contribution is 0.0207. The highest BCUT2D eigenvalue weighted by Gasteiger charge is 2.35. The Hall–Kier alpha value is -3.58. The van der Waals surface area contributed by atoms with E-state index < -0.39 is 6.03 Å². The molecule has 11 nitrogen and oxygen atoms in total. The summed E-state index contributed by atoms with van der Waals surface area (Å²) in [5.74, 6) is -0.332. The van der Waals surface area contributed by atoms with Crippen molar-refractivity contribution in [2.45, 2.75) is 25.3 Å². The van der Waals surface area contributed by atoms with E-state index in [1.54, 1.807) is 23.2 Å². The molecule has 2 fully saturated rings. The summed E-state index contributed by atoms with van der Waals surface area (Å²) >= 11 is 1.32. The molecule has 2 saturated heterocycles. The quantitative estimate of drug-likeness (QED) is 0.279. The largest absolute Gasteiger partial charge is 0.379 e. The van der Waals surface area contributed by atoms with Gasteiger partial charge >= 0.3 is 6.03 Å². The van der Waals surface area contributed by atoms with Crippen molar-refractivity contribution in [1.82, 2.24) is 30.8 Å². The molecule has 39 heavy (non-hydrogen) atoms. The Morgan fingerprint density at radius 3 is 2.79 bits per heavy atom. The maximum absolute atomic E-state index is 13.6. The number of fused-ring (bicyclic) bond motifs is 3. The minimum atomic E-state index is -0.419. The molecule has 6 rings (SSSR count). The maximum atomic E-state index is 13.6. The number of H-pyrrole nitrogens is 1. The third-order valence-electron chi connectivity index (χ3n) is 7.57. The molecule has 0 radical (unpaired) electrons. The molecule has 0 bridgehead atoms. The summed E-state index contributed by atoms with van der Waals surface area (Å²) in [5, 5.41) is 15.1. The maximum Gasteiger partial charge on any atom is 0.333 e. The number of likely N-dealkylation sites (tertiary alicyclic amines) is 1. The first-order valence-electron chi connectivity index (χ1n) is 13.2. The summed E-state index contributed by atoms with van der Waals surface area (Å²) in [6.45, 7) is 4.03. The van der Waals surface area contributed by atoms with E-state index in [1.165, 1.54) is 24.2 Å². The summed E-state index contributed by atoms with van der Waals surface area (Å²) in [6.07, 6.45) is 3.31. The van der Waals surface area contributed by atoms with Crippen molar-refractivity contribution in [2.75, 3.05) is 51.8 Å². The third kappa shape index (κ3) is 5.08. The van der Waals surface area contributed by atoms with Crippen LogP contribution in [0.15, 0.2) is 30.3 Å². The Kier molecular flexibility index (Phi) is 7.17. The van der Waals surface area contributed by atoms with Crippen molar-refractivity contribution in [2.24, 2.45) is 0 Å². The summed E-state index contributed by atoms with van der Waals surface area (Å²) in [5.41, 5.74) is 5.87. The zero-order valence-corrected chi connectivity index (χ0v) is 22.5. The van der Waals surface area contributed by atoms with E-state index in [9.17, 15) is 14.4 Å². The number of benzene rings is 1. The Labute approximate surface area is 229 Å². The fourth-order valence-electron chi connectivity index (χ4n) is 5.51. The van der Waals surface area contributed by atoms with Crippen molar-refractivity contribution < 1.29 is 19.1 Å². The highest BCUT2D eigenvalue weighted by Crippen LogP contribution is 2.44. The number of hydrogen-bond acceptors (Lipinski definition) is 8. The van der Waals surface area contributed by atoms with Gasteiger partial charge < -0.3 is 20.3 Å². The zero-order valence-electron chi connectivity index (χ0n) is 21.7. The van der Waals surface area contributed by atoms with Gasteiger partial charge in [0.15, 0.2) is 5.78 Å². The van der Waals surface area contributed by atoms with Gasteiger partial charge in [-0.1, -0.05) is 12.1 Å². The second kappa shape index (κ2) is 10.9. The molecule has 1 atom stereocenters. The van der Waals surface area contributed by atoms with Gasteiger partial charge in [0.1, 0.15) is 5.69 Å². The number of hydrazine groups is 1. The van der Waals surface area contributed by atoms with E-state index in [2.05, 4.69) is 38.2 Å². The summed E-state index contributed by atoms with van der Waals surface area (Å²) in [6, 6.07) is 9.04. The number of thiophene rings is 1. The predicted octanol–water partition coefficient (Wildman–Crippen LogP) is 2.93. The number of rotatable bonds is 7. The molecule has 3 amide bonds. The number of morpholine rings is 1. The molecular weight excluding hydrogens is 518 g/mol. The molecule has 3 aromatic rings. The van der Waals surface area contributed by atoms with E-state index in [0.29, 0.717) is 77.5 Å². The number of hydrogen-bond donors (Lipinski definition) is 4. The number of aromatic nitrogens is 2. The fourth-order valence-corrected chi connectivity index (χ4v) is 6.43. The molecule has 12 heteroatoms. The van der Waals surface area contributed by atoms with Gasteiger partial charge in [-0.2, -0.15) is 5.10 Å². The van der Waals surface area contributed by atoms with E-state index in [0.717, 1.165) is 17.8 Å². The van der Waals surface area contributed by atoms with Crippen LogP contribution in [0.3, 0.4) is 0 Å². The molecule has 0 saturated carbocycles. The van der Waals surface area contributed by atoms with Gasteiger partial charge in [0.2, 0.25) is 0 Å². The van der Waals surface area contributed by atoms with Crippen LogP contribution in [0.1, 0.15) is 44.9 Å². The van der Waals surface area contributed by atoms with Crippen LogP contribution in [-0.4, -0.2) is 90.3 Å². The average molecular weight is 550 g/mol. The molecule has 1 aromatic carbocycles. The molecule has 1 unspecified atom stereocenters. The third-order valence-corrected chi connectivity index (χ3v) is 8.67. The molecule has 2 aliphatic heterocycles. The Morgan fingerprint density at radius 1 is 1.15 bits per heavy atom. The van der Waals surface area contributed by atoms with Crippen molar-refractivity contribution in [3.63, 3.8) is 0 Å². The van der Waals surface area contributed by atoms with Crippen LogP contribution >= 0.6 is 11.3 Å². The molecule has 3 aliphatic rings. The smallest absolute Gasteiger partial charge is 0.333 e. The normalized spacial score (nSPS) is 19.1. The van der Waals surface area contributed by atoms with Crippen molar-refractivity contribution in [3.05, 3.63) is 46.3 Å². The van der Waals surface area contributed by atoms with Crippen LogP contribution in [0.25, 0.3) is 21.8 Å². The predicted molar refractivity (Wildman–Crippen MR) is 148 cm³/mol. The first-order valence-corrected chi connectivity index (χ1v) is 14.1. The molecule has 1 aliphatic carbocycles. The van der Waals surface area contributed by atoms with Crippen LogP contribution in [0.4, 0.5) is 10.5 Å². The molecule has 4 N–H and O–H groups in total. The highest BCUT2D eigenvalue weighted by atomic mass is 32.1. The number of ketones is 1. The second-order valence-electron chi connectivity index (χ2n) is 10.0. The lowest BCUT2D eigenvalue weighted by Gasteiger charge is -2.27. The van der Waals surface area contributed by atoms with Gasteiger partial charge in [-0.3, -0.25) is 20.1 Å². The van der Waals surface area contributed by atoms with Crippen LogP contribution in [-0.2, 0) is 4.74 Å². The van der Waals surface area contributed by atoms with Gasteiger partial charge in [0.25, 0.3) is 5.91 Å². The Bertz CT molecular complexity index is 1410. The minimum Gasteiger partial charge on any atom is -0.379 e. The van der Waals surface area contributed by atoms with Crippen LogP contribution < -0.4 is 16.1 Å². The summed E-state index contributed by atoms with van der Waals surface area (Å²) < 4.78 is 5.31. The number of urea groups is 1. The van der Waals surface area contributed by atoms with Crippen LogP contribution in [0.5, 0.6) is 0 Å². The van der Waals surface area contributed by atoms with Crippen LogP contribution in [0.2, 0.25) is 0 Å². The first kappa shape index (κ1) is 25.7. The number of amides is 3. The average Bonchev–Trinajstić information content (AvgIpc) is 3.72. The standard InChI is InChI=1S/C27H31N7O4S/c1-33-11-3-4-16(33)9-10-28-26(36)20-8-7-19(39-20)24-22-23(30-31-24)17-5-2-6-18(21(17)25(22)35)29-27(37)32-34-12-14-38-15-13-34/h2,5-8,16H,3-4,9-15H2,1H3,(H,28,36)(H,30,31)(H2,29,32,37). The van der Waals surface area contributed by atoms with E-state index >= 15 is 0 Å². The Balaban J connectivity index is 1.15. The number of aromatic amines is 1. The molecule has 2 aromatic heterocycles. The topological polar surface area (TPSA) is 132 Å². The highest BCUT2D eigenvalue weighted by molar-refractivity contribution is 7.17. The number of carbonyl (C=O) groups excluding carboxylic acids is 3. The van der Waals surface area contributed by atoms with Crippen LogP contribution in [0, 0.1) is 0 Å². The second-order valence-corrected chi connectivity index (χ2v) is 11.1. The van der Waals surface area contributed by atoms with E-state index in [1.807, 2.05) is 12.1 Å². The number of carbonyl (C=O) groups is 3. The summed E-state index contributed by atoms with van der Waals surface area (Å²) in [4.78, 5) is 42.7. The van der Waals surface area contributed by atoms with Gasteiger partial charge in [-0.05, 0) is 51.1 Å². The number of nitrogens with zero attached hydrogens (tertiary/aromatic N) is 3. The minimum absolute atomic E-state index is 0.115. The van der Waals surface area contributed by atoms with Crippen molar-refractivity contribution in [1.29, 1.82) is 0 Å². The lowest BCUT2D eigenvalue weighted by atomic mass is 10.1. The van der Waals surface area contributed by atoms with Gasteiger partial charge in [0.05, 0.1) is 45.5 Å². The molecule has 4 heterocycles. The van der Waals surface area contributed by atoms with Crippen molar-refractivity contribution >= 4 is 34.7 Å². The van der Waals surface area contributed by atoms with Gasteiger partial charge in [-0.25, -0.2) is 9.80 Å². The van der Waals surface area contributed by atoms with E-state index in [-0.39, 0.29) is 11.7 Å². The lowest BCUT2D eigenvalue weighted by Crippen LogP contribution is -2.49. The van der Waals surface area contributed by atoms with E-state index in [4.69, 9.17) is 4.74 Å². The summed E-state index contributed by atoms with van der Waals surface area (Å²) in [7, 11) is 2.13. The van der Waals surface area contributed by atoms with Gasteiger partial charge in [0, 0.05) is 31.2 Å². The number of nitrogens with one attached hydrogen (secondary N) is 4. The monoisotopic (exact) mass is 549 g/mol. The van der Waals surface area contributed by atoms with Gasteiger partial charge in [-0.15, -0.1) is 11.3 Å². The first-order chi connectivity index (χ1) is 19.0.